The largest absolute Gasteiger partial charge is 0.382 e. The molecule has 23 heavy (non-hydrogen) atoms. The minimum absolute atomic E-state index is 0.115. The standard InChI is InChI=1S/C16H18ClN3O2S/c1-3-22-8-4-7-20-15(21)13-6-5-12(17)9-14(13)19-16(20)23-11(2)10-18/h5-6,9,11H,3-4,7-8H2,1-2H3. The summed E-state index contributed by atoms with van der Waals surface area (Å²) in [6, 6.07) is 7.19. The molecule has 1 aromatic heterocycles. The van der Waals surface area contributed by atoms with Crippen LogP contribution in [0.5, 0.6) is 0 Å². The van der Waals surface area contributed by atoms with Gasteiger partial charge in [-0.15, -0.1) is 0 Å². The molecule has 0 N–H and O–H groups in total. The molecule has 5 nitrogen and oxygen atoms in total. The molecule has 0 bridgehead atoms. The van der Waals surface area contributed by atoms with Gasteiger partial charge >= 0.3 is 0 Å². The number of thioether (sulfide) groups is 1. The molecule has 0 aliphatic heterocycles. The molecule has 0 aliphatic rings. The van der Waals surface area contributed by atoms with Crippen molar-refractivity contribution in [3.63, 3.8) is 0 Å². The minimum atomic E-state index is -0.295. The van der Waals surface area contributed by atoms with Crippen LogP contribution < -0.4 is 5.56 Å². The summed E-state index contributed by atoms with van der Waals surface area (Å²) in [5.41, 5.74) is 0.437. The Morgan fingerprint density at radius 2 is 2.30 bits per heavy atom. The molecule has 1 heterocycles. The average molecular weight is 352 g/mol. The molecule has 122 valence electrons. The second-order valence-electron chi connectivity index (χ2n) is 4.95. The lowest BCUT2D eigenvalue weighted by atomic mass is 10.2. The highest BCUT2D eigenvalue weighted by Gasteiger charge is 2.14. The van der Waals surface area contributed by atoms with Gasteiger partial charge in [0.05, 0.1) is 22.2 Å². The van der Waals surface area contributed by atoms with E-state index in [1.807, 2.05) is 6.92 Å². The van der Waals surface area contributed by atoms with Gasteiger partial charge in [0.1, 0.15) is 0 Å². The number of nitrogens with zero attached hydrogens (tertiary/aromatic N) is 3. The van der Waals surface area contributed by atoms with E-state index in [1.54, 1.807) is 29.7 Å². The minimum Gasteiger partial charge on any atom is -0.382 e. The first kappa shape index (κ1) is 17.8. The Morgan fingerprint density at radius 3 is 3.00 bits per heavy atom. The SMILES string of the molecule is CCOCCCn1c(SC(C)C#N)nc2cc(Cl)ccc2c1=O. The zero-order valence-electron chi connectivity index (χ0n) is 13.1. The number of hydrogen-bond donors (Lipinski definition) is 0. The van der Waals surface area contributed by atoms with Gasteiger partial charge in [-0.05, 0) is 38.5 Å². The second-order valence-corrected chi connectivity index (χ2v) is 6.70. The molecule has 2 rings (SSSR count). The number of aromatic nitrogens is 2. The Kier molecular flexibility index (Phi) is 6.46. The van der Waals surface area contributed by atoms with Crippen molar-refractivity contribution in [3.05, 3.63) is 33.6 Å². The van der Waals surface area contributed by atoms with Gasteiger partial charge in [-0.2, -0.15) is 5.26 Å². The molecule has 0 saturated heterocycles. The average Bonchev–Trinajstić information content (AvgIpc) is 2.53. The van der Waals surface area contributed by atoms with Crippen molar-refractivity contribution in [2.24, 2.45) is 0 Å². The van der Waals surface area contributed by atoms with Crippen LogP contribution in [0, 0.1) is 11.3 Å². The number of benzene rings is 1. The van der Waals surface area contributed by atoms with Crippen molar-refractivity contribution in [2.45, 2.75) is 37.2 Å². The number of hydrogen-bond acceptors (Lipinski definition) is 5. The molecule has 0 amide bonds. The quantitative estimate of drug-likeness (QED) is 0.434. The number of nitriles is 1. The van der Waals surface area contributed by atoms with Gasteiger partial charge in [-0.3, -0.25) is 9.36 Å². The highest BCUT2D eigenvalue weighted by Crippen LogP contribution is 2.23. The van der Waals surface area contributed by atoms with E-state index >= 15 is 0 Å². The Labute approximate surface area is 144 Å². The van der Waals surface area contributed by atoms with Gasteiger partial charge in [0.25, 0.3) is 5.56 Å². The fourth-order valence-electron chi connectivity index (χ4n) is 2.11. The highest BCUT2D eigenvalue weighted by atomic mass is 35.5. The molecule has 0 saturated carbocycles. The van der Waals surface area contributed by atoms with Crippen LogP contribution >= 0.6 is 23.4 Å². The fourth-order valence-corrected chi connectivity index (χ4v) is 3.10. The van der Waals surface area contributed by atoms with Gasteiger partial charge in [0, 0.05) is 24.8 Å². The fraction of sp³-hybridized carbons (Fsp3) is 0.438. The van der Waals surface area contributed by atoms with E-state index < -0.39 is 0 Å². The maximum Gasteiger partial charge on any atom is 0.262 e. The first-order valence-electron chi connectivity index (χ1n) is 7.41. The summed E-state index contributed by atoms with van der Waals surface area (Å²) in [5.74, 6) is 0. The van der Waals surface area contributed by atoms with E-state index in [4.69, 9.17) is 21.6 Å². The summed E-state index contributed by atoms with van der Waals surface area (Å²) < 4.78 is 6.95. The van der Waals surface area contributed by atoms with Gasteiger partial charge in [0.15, 0.2) is 5.16 Å². The van der Waals surface area contributed by atoms with E-state index in [9.17, 15) is 4.79 Å². The van der Waals surface area contributed by atoms with E-state index in [0.29, 0.717) is 47.3 Å². The Balaban J connectivity index is 2.45. The summed E-state index contributed by atoms with van der Waals surface area (Å²) in [5, 5.41) is 10.3. The van der Waals surface area contributed by atoms with Crippen molar-refractivity contribution in [1.82, 2.24) is 9.55 Å². The highest BCUT2D eigenvalue weighted by molar-refractivity contribution is 8.00. The number of fused-ring (bicyclic) bond motifs is 1. The first-order valence-corrected chi connectivity index (χ1v) is 8.66. The Bertz CT molecular complexity index is 785. The van der Waals surface area contributed by atoms with E-state index in [2.05, 4.69) is 11.1 Å². The normalized spacial score (nSPS) is 12.3. The van der Waals surface area contributed by atoms with Crippen molar-refractivity contribution in [3.8, 4) is 6.07 Å². The van der Waals surface area contributed by atoms with Crippen LogP contribution in [0.3, 0.4) is 0 Å². The molecule has 7 heteroatoms. The molecule has 0 aliphatic carbocycles. The number of halogens is 1. The molecular weight excluding hydrogens is 334 g/mol. The van der Waals surface area contributed by atoms with Crippen molar-refractivity contribution in [2.75, 3.05) is 13.2 Å². The molecule has 0 fully saturated rings. The number of ether oxygens (including phenoxy) is 1. The van der Waals surface area contributed by atoms with Crippen molar-refractivity contribution in [1.29, 1.82) is 5.26 Å². The van der Waals surface area contributed by atoms with Crippen LogP contribution in [-0.4, -0.2) is 28.0 Å². The molecule has 1 aromatic carbocycles. The van der Waals surface area contributed by atoms with Gasteiger partial charge in [-0.1, -0.05) is 23.4 Å². The van der Waals surface area contributed by atoms with Crippen LogP contribution in [0.25, 0.3) is 10.9 Å². The zero-order valence-corrected chi connectivity index (χ0v) is 14.7. The maximum atomic E-state index is 12.7. The third-order valence-corrected chi connectivity index (χ3v) is 4.44. The summed E-state index contributed by atoms with van der Waals surface area (Å²) in [7, 11) is 0. The smallest absolute Gasteiger partial charge is 0.262 e. The van der Waals surface area contributed by atoms with E-state index in [-0.39, 0.29) is 10.8 Å². The lowest BCUT2D eigenvalue weighted by Crippen LogP contribution is -2.24. The van der Waals surface area contributed by atoms with Gasteiger partial charge in [-0.25, -0.2) is 4.98 Å². The molecule has 1 unspecified atom stereocenters. The summed E-state index contributed by atoms with van der Waals surface area (Å²) >= 11 is 7.27. The van der Waals surface area contributed by atoms with E-state index in [1.165, 1.54) is 11.8 Å². The Morgan fingerprint density at radius 1 is 1.52 bits per heavy atom. The molecular formula is C16H18ClN3O2S. The maximum absolute atomic E-state index is 12.7. The third-order valence-electron chi connectivity index (χ3n) is 3.22. The Hall–Kier alpha value is -1.55. The lowest BCUT2D eigenvalue weighted by molar-refractivity contribution is 0.140. The topological polar surface area (TPSA) is 67.9 Å². The van der Waals surface area contributed by atoms with Crippen LogP contribution in [0.15, 0.2) is 28.2 Å². The molecule has 0 radical (unpaired) electrons. The van der Waals surface area contributed by atoms with Crippen LogP contribution in [0.2, 0.25) is 5.02 Å². The molecule has 0 spiro atoms. The van der Waals surface area contributed by atoms with Crippen LogP contribution in [0.4, 0.5) is 0 Å². The van der Waals surface area contributed by atoms with Crippen LogP contribution in [-0.2, 0) is 11.3 Å². The molecule has 2 aromatic rings. The summed E-state index contributed by atoms with van der Waals surface area (Å²) in [6.45, 7) is 5.45. The van der Waals surface area contributed by atoms with Gasteiger partial charge in [0.2, 0.25) is 0 Å². The summed E-state index contributed by atoms with van der Waals surface area (Å²) in [6.07, 6.45) is 0.711. The van der Waals surface area contributed by atoms with Crippen LogP contribution in [0.1, 0.15) is 20.3 Å². The van der Waals surface area contributed by atoms with Crippen molar-refractivity contribution < 1.29 is 4.74 Å². The predicted octanol–water partition coefficient (Wildman–Crippen LogP) is 3.48. The predicted molar refractivity (Wildman–Crippen MR) is 93.1 cm³/mol. The van der Waals surface area contributed by atoms with E-state index in [0.717, 1.165) is 0 Å². The molecule has 1 atom stereocenters. The van der Waals surface area contributed by atoms with Crippen molar-refractivity contribution >= 4 is 34.3 Å². The lowest BCUT2D eigenvalue weighted by Gasteiger charge is -2.14. The number of rotatable bonds is 7. The monoisotopic (exact) mass is 351 g/mol. The third kappa shape index (κ3) is 4.47. The van der Waals surface area contributed by atoms with Gasteiger partial charge < -0.3 is 4.74 Å². The zero-order chi connectivity index (χ0) is 16.8. The second kappa shape index (κ2) is 8.34. The first-order chi connectivity index (χ1) is 11.1. The summed E-state index contributed by atoms with van der Waals surface area (Å²) in [4.78, 5) is 17.3.